The van der Waals surface area contributed by atoms with E-state index >= 15 is 0 Å². The number of fused-ring (bicyclic) bond motifs is 6. The van der Waals surface area contributed by atoms with Gasteiger partial charge in [-0.3, -0.25) is 9.59 Å². The van der Waals surface area contributed by atoms with Crippen LogP contribution in [-0.2, 0) is 19.1 Å². The minimum Gasteiger partial charge on any atom is -0.467 e. The number of hydrogen-bond acceptors (Lipinski definition) is 5. The second-order valence-electron chi connectivity index (χ2n) is 8.40. The molecule has 0 N–H and O–H groups in total. The van der Waals surface area contributed by atoms with Gasteiger partial charge < -0.3 is 9.64 Å². The molecule has 6 nitrogen and oxygen atoms in total. The van der Waals surface area contributed by atoms with Crippen LogP contribution in [0.25, 0.3) is 16.8 Å². The Hall–Kier alpha value is -3.93. The summed E-state index contributed by atoms with van der Waals surface area (Å²) in [5.74, 6) is -2.60. The Bertz CT molecular complexity index is 1330. The SMILES string of the molecule is COC(=O)[C@@H]1[C@@H]2C(=O)N(c3ccc4ccccc4c3)C(=O)[C@@H]2[C@H]2c3ccccc3C=CN12. The topological polar surface area (TPSA) is 66.9 Å². The van der Waals surface area contributed by atoms with E-state index in [0.29, 0.717) is 5.69 Å². The minimum atomic E-state index is -0.846. The maximum Gasteiger partial charge on any atom is 0.329 e. The molecule has 2 amide bonds. The maximum atomic E-state index is 13.8. The fourth-order valence-corrected chi connectivity index (χ4v) is 5.52. The number of imide groups is 1. The predicted molar refractivity (Wildman–Crippen MR) is 119 cm³/mol. The predicted octanol–water partition coefficient (Wildman–Crippen LogP) is 3.53. The molecule has 158 valence electrons. The summed E-state index contributed by atoms with van der Waals surface area (Å²) < 4.78 is 5.06. The molecule has 4 atom stereocenters. The van der Waals surface area contributed by atoms with Gasteiger partial charge in [-0.15, -0.1) is 0 Å². The standard InChI is InChI=1S/C26H20N2O4/c1-32-26(31)23-21-20(22-19-9-5-4-7-16(19)12-13-27(22)23)24(29)28(25(21)30)18-11-10-15-6-2-3-8-17(15)14-18/h2-14,20-23H,1H3/t20-,21+,22+,23-/m0/s1. The van der Waals surface area contributed by atoms with Crippen LogP contribution in [0.1, 0.15) is 17.2 Å². The third-order valence-electron chi connectivity index (χ3n) is 6.90. The van der Waals surface area contributed by atoms with Crippen molar-refractivity contribution in [3.05, 3.63) is 84.1 Å². The monoisotopic (exact) mass is 424 g/mol. The number of esters is 1. The van der Waals surface area contributed by atoms with Gasteiger partial charge >= 0.3 is 5.97 Å². The van der Waals surface area contributed by atoms with E-state index < -0.39 is 29.9 Å². The molecular weight excluding hydrogens is 404 g/mol. The van der Waals surface area contributed by atoms with E-state index in [0.717, 1.165) is 21.9 Å². The van der Waals surface area contributed by atoms with Crippen molar-refractivity contribution in [1.29, 1.82) is 0 Å². The summed E-state index contributed by atoms with van der Waals surface area (Å²) in [5.41, 5.74) is 2.46. The molecule has 6 heteroatoms. The molecule has 3 aromatic carbocycles. The largest absolute Gasteiger partial charge is 0.467 e. The fraction of sp³-hybridized carbons (Fsp3) is 0.192. The van der Waals surface area contributed by atoms with Crippen LogP contribution in [0.5, 0.6) is 0 Å². The van der Waals surface area contributed by atoms with Crippen molar-refractivity contribution in [2.45, 2.75) is 12.1 Å². The highest BCUT2D eigenvalue weighted by Gasteiger charge is 2.65. The van der Waals surface area contributed by atoms with Gasteiger partial charge in [-0.05, 0) is 40.1 Å². The van der Waals surface area contributed by atoms with Crippen molar-refractivity contribution < 1.29 is 19.1 Å². The molecule has 0 aliphatic carbocycles. The number of carbonyl (C=O) groups excluding carboxylic acids is 3. The summed E-state index contributed by atoms with van der Waals surface area (Å²) in [7, 11) is 1.31. The van der Waals surface area contributed by atoms with Gasteiger partial charge in [0.25, 0.3) is 0 Å². The number of methoxy groups -OCH3 is 1. The number of benzene rings is 3. The van der Waals surface area contributed by atoms with Crippen molar-refractivity contribution >= 4 is 40.3 Å². The van der Waals surface area contributed by atoms with E-state index in [-0.39, 0.29) is 11.8 Å². The zero-order valence-corrected chi connectivity index (χ0v) is 17.3. The lowest BCUT2D eigenvalue weighted by atomic mass is 9.84. The van der Waals surface area contributed by atoms with E-state index in [1.807, 2.05) is 77.8 Å². The highest BCUT2D eigenvalue weighted by atomic mass is 16.5. The second kappa shape index (κ2) is 6.79. The summed E-state index contributed by atoms with van der Waals surface area (Å²) >= 11 is 0. The van der Waals surface area contributed by atoms with Crippen LogP contribution >= 0.6 is 0 Å². The van der Waals surface area contributed by atoms with Crippen LogP contribution in [0, 0.1) is 11.8 Å². The van der Waals surface area contributed by atoms with Crippen molar-refractivity contribution in [3.63, 3.8) is 0 Å². The Morgan fingerprint density at radius 1 is 0.875 bits per heavy atom. The molecule has 0 radical (unpaired) electrons. The number of nitrogens with zero attached hydrogens (tertiary/aromatic N) is 2. The summed E-state index contributed by atoms with van der Waals surface area (Å²) in [6.07, 6.45) is 3.73. The highest BCUT2D eigenvalue weighted by Crippen LogP contribution is 2.53. The smallest absolute Gasteiger partial charge is 0.329 e. The lowest BCUT2D eigenvalue weighted by molar-refractivity contribution is -0.148. The molecule has 3 aromatic rings. The van der Waals surface area contributed by atoms with Crippen LogP contribution in [0.4, 0.5) is 5.69 Å². The van der Waals surface area contributed by atoms with E-state index in [1.54, 1.807) is 6.07 Å². The average Bonchev–Trinajstić information content (AvgIpc) is 3.31. The van der Waals surface area contributed by atoms with Crippen molar-refractivity contribution in [2.24, 2.45) is 11.8 Å². The first-order chi connectivity index (χ1) is 15.6. The summed E-state index contributed by atoms with van der Waals surface area (Å²) in [4.78, 5) is 43.3. The highest BCUT2D eigenvalue weighted by molar-refractivity contribution is 6.24. The Kier molecular flexibility index (Phi) is 3.99. The van der Waals surface area contributed by atoms with E-state index in [4.69, 9.17) is 4.74 Å². The molecule has 6 rings (SSSR count). The van der Waals surface area contributed by atoms with E-state index in [9.17, 15) is 14.4 Å². The zero-order chi connectivity index (χ0) is 22.0. The molecular formula is C26H20N2O4. The first-order valence-corrected chi connectivity index (χ1v) is 10.6. The van der Waals surface area contributed by atoms with Crippen LogP contribution in [0.2, 0.25) is 0 Å². The molecule has 0 spiro atoms. The first-order valence-electron chi connectivity index (χ1n) is 10.6. The average molecular weight is 424 g/mol. The molecule has 3 aliphatic heterocycles. The fourth-order valence-electron chi connectivity index (χ4n) is 5.52. The number of anilines is 1. The minimum absolute atomic E-state index is 0.276. The van der Waals surface area contributed by atoms with Gasteiger partial charge in [0.2, 0.25) is 11.8 Å². The molecule has 0 bridgehead atoms. The number of ether oxygens (including phenoxy) is 1. The maximum absolute atomic E-state index is 13.8. The second-order valence-corrected chi connectivity index (χ2v) is 8.40. The van der Waals surface area contributed by atoms with Gasteiger partial charge in [0.05, 0.1) is 30.7 Å². The van der Waals surface area contributed by atoms with Crippen molar-refractivity contribution in [1.82, 2.24) is 4.90 Å². The van der Waals surface area contributed by atoms with Gasteiger partial charge in [-0.1, -0.05) is 54.6 Å². The van der Waals surface area contributed by atoms with Crippen LogP contribution < -0.4 is 4.90 Å². The number of carbonyl (C=O) groups is 3. The Labute approximate surface area is 184 Å². The lowest BCUT2D eigenvalue weighted by Crippen LogP contribution is -2.44. The Morgan fingerprint density at radius 3 is 2.41 bits per heavy atom. The summed E-state index contributed by atoms with van der Waals surface area (Å²) in [6.45, 7) is 0. The lowest BCUT2D eigenvalue weighted by Gasteiger charge is -2.34. The van der Waals surface area contributed by atoms with Gasteiger partial charge in [0, 0.05) is 6.20 Å². The van der Waals surface area contributed by atoms with Crippen molar-refractivity contribution in [2.75, 3.05) is 12.0 Å². The third kappa shape index (κ3) is 2.43. The Morgan fingerprint density at radius 2 is 1.59 bits per heavy atom. The summed E-state index contributed by atoms with van der Waals surface area (Å²) in [5, 5.41) is 1.97. The van der Waals surface area contributed by atoms with E-state index in [1.165, 1.54) is 12.0 Å². The molecule has 2 fully saturated rings. The van der Waals surface area contributed by atoms with Gasteiger partial charge in [0.15, 0.2) is 0 Å². The van der Waals surface area contributed by atoms with E-state index in [2.05, 4.69) is 0 Å². The number of rotatable bonds is 2. The normalized spacial score (nSPS) is 25.7. The van der Waals surface area contributed by atoms with Crippen LogP contribution in [0.15, 0.2) is 72.9 Å². The zero-order valence-electron chi connectivity index (χ0n) is 17.3. The number of hydrogen-bond donors (Lipinski definition) is 0. The molecule has 3 heterocycles. The molecule has 0 saturated carbocycles. The van der Waals surface area contributed by atoms with Gasteiger partial charge in [0.1, 0.15) is 6.04 Å². The molecule has 3 aliphatic rings. The van der Waals surface area contributed by atoms with Crippen LogP contribution in [0.3, 0.4) is 0 Å². The number of amides is 2. The molecule has 0 unspecified atom stereocenters. The molecule has 2 saturated heterocycles. The molecule has 0 aromatic heterocycles. The van der Waals surface area contributed by atoms with Gasteiger partial charge in [-0.25, -0.2) is 9.69 Å². The first kappa shape index (κ1) is 18.8. The quantitative estimate of drug-likeness (QED) is 0.465. The van der Waals surface area contributed by atoms with Crippen LogP contribution in [-0.4, -0.2) is 35.8 Å². The molecule has 32 heavy (non-hydrogen) atoms. The summed E-state index contributed by atoms with van der Waals surface area (Å²) in [6, 6.07) is 19.9. The van der Waals surface area contributed by atoms with Gasteiger partial charge in [-0.2, -0.15) is 0 Å². The Balaban J connectivity index is 1.49. The van der Waals surface area contributed by atoms with Crippen molar-refractivity contribution in [3.8, 4) is 0 Å². The third-order valence-corrected chi connectivity index (χ3v) is 6.90.